The number of benzene rings is 1. The molecule has 2 aromatic rings. The highest BCUT2D eigenvalue weighted by atomic mass is 35.5. The molecule has 0 unspecified atom stereocenters. The molecule has 0 aliphatic rings. The molecule has 0 fully saturated rings. The van der Waals surface area contributed by atoms with Gasteiger partial charge in [0.25, 0.3) is 0 Å². The normalized spacial score (nSPS) is 10.3. The van der Waals surface area contributed by atoms with Crippen LogP contribution < -0.4 is 10.1 Å². The maximum Gasteiger partial charge on any atom is 0.121 e. The minimum absolute atomic E-state index is 0.687. The molecule has 0 amide bonds. The Hall–Kier alpha value is -1.26. The number of anilines is 1. The van der Waals surface area contributed by atoms with Crippen molar-refractivity contribution in [2.75, 3.05) is 12.4 Å². The van der Waals surface area contributed by atoms with Gasteiger partial charge in [0.15, 0.2) is 0 Å². The van der Waals surface area contributed by atoms with E-state index in [-0.39, 0.29) is 0 Å². The van der Waals surface area contributed by atoms with Crippen LogP contribution in [0.5, 0.6) is 5.75 Å². The topological polar surface area (TPSA) is 34.1 Å². The van der Waals surface area contributed by atoms with Crippen molar-refractivity contribution in [2.45, 2.75) is 13.5 Å². The predicted octanol–water partition coefficient (Wildman–Crippen LogP) is 3.73. The van der Waals surface area contributed by atoms with Crippen LogP contribution in [0.4, 0.5) is 5.69 Å². The van der Waals surface area contributed by atoms with Crippen LogP contribution in [0.15, 0.2) is 24.4 Å². The molecule has 0 saturated heterocycles. The highest BCUT2D eigenvalue weighted by Crippen LogP contribution is 2.27. The first-order valence-electron chi connectivity index (χ1n) is 5.18. The summed E-state index contributed by atoms with van der Waals surface area (Å²) in [5.74, 6) is 0.789. The molecule has 1 N–H and O–H groups in total. The van der Waals surface area contributed by atoms with Gasteiger partial charge in [-0.25, -0.2) is 4.98 Å². The minimum Gasteiger partial charge on any atom is -0.497 e. The van der Waals surface area contributed by atoms with Crippen molar-refractivity contribution in [1.82, 2.24) is 4.98 Å². The molecule has 2 rings (SSSR count). The van der Waals surface area contributed by atoms with Gasteiger partial charge >= 0.3 is 0 Å². The number of aryl methyl sites for hydroxylation is 1. The lowest BCUT2D eigenvalue weighted by Crippen LogP contribution is -1.98. The predicted molar refractivity (Wildman–Crippen MR) is 72.2 cm³/mol. The maximum absolute atomic E-state index is 6.09. The van der Waals surface area contributed by atoms with Crippen LogP contribution in [0.3, 0.4) is 0 Å². The van der Waals surface area contributed by atoms with Gasteiger partial charge in [-0.05, 0) is 19.1 Å². The number of halogens is 1. The number of rotatable bonds is 4. The van der Waals surface area contributed by atoms with Crippen LogP contribution >= 0.6 is 22.9 Å². The van der Waals surface area contributed by atoms with Gasteiger partial charge in [-0.15, -0.1) is 11.3 Å². The first kappa shape index (κ1) is 12.2. The van der Waals surface area contributed by atoms with Gasteiger partial charge in [-0.1, -0.05) is 11.6 Å². The third-order valence-corrected chi connectivity index (χ3v) is 3.54. The Labute approximate surface area is 109 Å². The van der Waals surface area contributed by atoms with Crippen molar-refractivity contribution in [3.05, 3.63) is 39.3 Å². The highest BCUT2D eigenvalue weighted by molar-refractivity contribution is 7.11. The highest BCUT2D eigenvalue weighted by Gasteiger charge is 2.03. The van der Waals surface area contributed by atoms with E-state index in [0.29, 0.717) is 5.02 Å². The summed E-state index contributed by atoms with van der Waals surface area (Å²) >= 11 is 7.77. The van der Waals surface area contributed by atoms with Crippen molar-refractivity contribution in [3.8, 4) is 5.75 Å². The van der Waals surface area contributed by atoms with Crippen molar-refractivity contribution in [1.29, 1.82) is 0 Å². The SMILES string of the molecule is COc1ccc(Cl)c(NCc2cnc(C)s2)c1. The molecule has 1 aromatic heterocycles. The van der Waals surface area contributed by atoms with Crippen molar-refractivity contribution < 1.29 is 4.74 Å². The van der Waals surface area contributed by atoms with Gasteiger partial charge in [0, 0.05) is 17.1 Å². The molecule has 0 saturated carbocycles. The standard InChI is InChI=1S/C12H13ClN2OS/c1-8-14-6-10(17-8)7-15-12-5-9(16-2)3-4-11(12)13/h3-6,15H,7H2,1-2H3. The molecule has 17 heavy (non-hydrogen) atoms. The Kier molecular flexibility index (Phi) is 3.86. The fourth-order valence-electron chi connectivity index (χ4n) is 1.44. The number of hydrogen-bond acceptors (Lipinski definition) is 4. The van der Waals surface area contributed by atoms with Crippen LogP contribution in [0, 0.1) is 6.92 Å². The van der Waals surface area contributed by atoms with Gasteiger partial charge in [-0.3, -0.25) is 0 Å². The number of hydrogen-bond donors (Lipinski definition) is 1. The van der Waals surface area contributed by atoms with Gasteiger partial charge in [-0.2, -0.15) is 0 Å². The van der Waals surface area contributed by atoms with Gasteiger partial charge < -0.3 is 10.1 Å². The Bertz CT molecular complexity index is 513. The van der Waals surface area contributed by atoms with E-state index in [1.807, 2.05) is 31.3 Å². The summed E-state index contributed by atoms with van der Waals surface area (Å²) < 4.78 is 5.16. The van der Waals surface area contributed by atoms with Crippen LogP contribution in [0.25, 0.3) is 0 Å². The van der Waals surface area contributed by atoms with E-state index in [1.165, 1.54) is 4.88 Å². The summed E-state index contributed by atoms with van der Waals surface area (Å²) in [6, 6.07) is 5.54. The van der Waals surface area contributed by atoms with Crippen molar-refractivity contribution in [3.63, 3.8) is 0 Å². The lowest BCUT2D eigenvalue weighted by Gasteiger charge is -2.08. The molecular weight excluding hydrogens is 256 g/mol. The number of nitrogens with zero attached hydrogens (tertiary/aromatic N) is 1. The number of aromatic nitrogens is 1. The average molecular weight is 269 g/mol. The summed E-state index contributed by atoms with van der Waals surface area (Å²) in [6.07, 6.45) is 1.88. The third-order valence-electron chi connectivity index (χ3n) is 2.30. The third kappa shape index (κ3) is 3.11. The zero-order chi connectivity index (χ0) is 12.3. The summed E-state index contributed by atoms with van der Waals surface area (Å²) in [5.41, 5.74) is 0.872. The monoisotopic (exact) mass is 268 g/mol. The van der Waals surface area contributed by atoms with Gasteiger partial charge in [0.05, 0.1) is 29.4 Å². The Morgan fingerprint density at radius 2 is 2.29 bits per heavy atom. The van der Waals surface area contributed by atoms with Gasteiger partial charge in [0.1, 0.15) is 5.75 Å². The van der Waals surface area contributed by atoms with Crippen LogP contribution in [0.1, 0.15) is 9.88 Å². The average Bonchev–Trinajstić information content (AvgIpc) is 2.74. The smallest absolute Gasteiger partial charge is 0.121 e. The zero-order valence-corrected chi connectivity index (χ0v) is 11.2. The van der Waals surface area contributed by atoms with Gasteiger partial charge in [0.2, 0.25) is 0 Å². The second kappa shape index (κ2) is 5.38. The maximum atomic E-state index is 6.09. The fourth-order valence-corrected chi connectivity index (χ4v) is 2.36. The second-order valence-corrected chi connectivity index (χ2v) is 5.27. The Balaban J connectivity index is 2.07. The Morgan fingerprint density at radius 3 is 2.94 bits per heavy atom. The number of ether oxygens (including phenoxy) is 1. The molecule has 0 spiro atoms. The van der Waals surface area contributed by atoms with Crippen LogP contribution in [-0.4, -0.2) is 12.1 Å². The van der Waals surface area contributed by atoms with Crippen molar-refractivity contribution >= 4 is 28.6 Å². The van der Waals surface area contributed by atoms with Crippen molar-refractivity contribution in [2.24, 2.45) is 0 Å². The van der Waals surface area contributed by atoms with E-state index < -0.39 is 0 Å². The quantitative estimate of drug-likeness (QED) is 0.918. The number of methoxy groups -OCH3 is 1. The molecule has 5 heteroatoms. The summed E-state index contributed by atoms with van der Waals surface area (Å²) in [4.78, 5) is 5.39. The van der Waals surface area contributed by atoms with E-state index in [9.17, 15) is 0 Å². The second-order valence-electron chi connectivity index (χ2n) is 3.54. The molecule has 0 bridgehead atoms. The lowest BCUT2D eigenvalue weighted by molar-refractivity contribution is 0.415. The Morgan fingerprint density at radius 1 is 1.47 bits per heavy atom. The molecule has 0 atom stereocenters. The largest absolute Gasteiger partial charge is 0.497 e. The molecule has 1 aromatic carbocycles. The molecular formula is C12H13ClN2OS. The van der Waals surface area contributed by atoms with E-state index >= 15 is 0 Å². The number of thiazole rings is 1. The molecule has 90 valence electrons. The molecule has 0 aliphatic carbocycles. The van der Waals surface area contributed by atoms with E-state index in [2.05, 4.69) is 10.3 Å². The van der Waals surface area contributed by atoms with E-state index in [1.54, 1.807) is 18.4 Å². The summed E-state index contributed by atoms with van der Waals surface area (Å²) in [7, 11) is 1.64. The lowest BCUT2D eigenvalue weighted by atomic mass is 10.3. The van der Waals surface area contributed by atoms with E-state index in [4.69, 9.17) is 16.3 Å². The first-order chi connectivity index (χ1) is 8.19. The minimum atomic E-state index is 0.687. The summed E-state index contributed by atoms with van der Waals surface area (Å²) in [6.45, 7) is 2.71. The zero-order valence-electron chi connectivity index (χ0n) is 9.66. The molecule has 0 aliphatic heterocycles. The van der Waals surface area contributed by atoms with Crippen LogP contribution in [-0.2, 0) is 6.54 Å². The van der Waals surface area contributed by atoms with E-state index in [0.717, 1.165) is 23.0 Å². The first-order valence-corrected chi connectivity index (χ1v) is 6.37. The number of nitrogens with one attached hydrogen (secondary N) is 1. The summed E-state index contributed by atoms with van der Waals surface area (Å²) in [5, 5.41) is 5.03. The molecule has 3 nitrogen and oxygen atoms in total. The van der Waals surface area contributed by atoms with Crippen LogP contribution in [0.2, 0.25) is 5.02 Å². The molecule has 1 heterocycles. The fraction of sp³-hybridized carbons (Fsp3) is 0.250. The molecule has 0 radical (unpaired) electrons.